The van der Waals surface area contributed by atoms with Crippen LogP contribution in [0.25, 0.3) is 87.7 Å². The van der Waals surface area contributed by atoms with E-state index in [0.29, 0.717) is 0 Å². The van der Waals surface area contributed by atoms with Gasteiger partial charge in [0.2, 0.25) is 0 Å². The number of rotatable bonds is 4. The topological polar surface area (TPSA) is 42.7 Å². The Morgan fingerprint density at radius 1 is 0.320 bits per heavy atom. The molecule has 0 fully saturated rings. The number of furan rings is 3. The summed E-state index contributed by atoms with van der Waals surface area (Å²) in [5.41, 5.74) is 8.56. The van der Waals surface area contributed by atoms with Crippen LogP contribution in [0, 0.1) is 0 Å². The standard InChI is InChI=1S/C46H27NO3/c1-4-10-41-31(7-1)25-44(48-41)30-15-19-32(20-16-30)47(33-21-13-28-17-23-37-35-8-2-5-11-42(35)49-45(37)39(28)26-33)34-22-14-29-18-24-38-36-9-3-6-12-43(36)50-46(38)40(29)27-34/h1-27H. The Balaban J connectivity index is 1.13. The molecular weight excluding hydrogens is 615 g/mol. The van der Waals surface area contributed by atoms with Gasteiger partial charge in [-0.25, -0.2) is 0 Å². The molecule has 50 heavy (non-hydrogen) atoms. The van der Waals surface area contributed by atoms with Gasteiger partial charge in [0.05, 0.1) is 0 Å². The summed E-state index contributed by atoms with van der Waals surface area (Å²) in [6, 6.07) is 57.3. The summed E-state index contributed by atoms with van der Waals surface area (Å²) in [5.74, 6) is 0.847. The fourth-order valence-corrected chi connectivity index (χ4v) is 7.60. The quantitative estimate of drug-likeness (QED) is 0.192. The molecule has 11 rings (SSSR count). The van der Waals surface area contributed by atoms with Gasteiger partial charge in [0.25, 0.3) is 0 Å². The molecule has 4 nitrogen and oxygen atoms in total. The van der Waals surface area contributed by atoms with Crippen molar-refractivity contribution in [3.8, 4) is 11.3 Å². The molecule has 0 aliphatic rings. The van der Waals surface area contributed by atoms with Crippen LogP contribution in [0.3, 0.4) is 0 Å². The van der Waals surface area contributed by atoms with Crippen molar-refractivity contribution in [3.05, 3.63) is 164 Å². The van der Waals surface area contributed by atoms with Gasteiger partial charge in [0, 0.05) is 60.3 Å². The summed E-state index contributed by atoms with van der Waals surface area (Å²) in [6.07, 6.45) is 0. The van der Waals surface area contributed by atoms with E-state index in [0.717, 1.165) is 105 Å². The van der Waals surface area contributed by atoms with Gasteiger partial charge in [-0.15, -0.1) is 0 Å². The molecule has 3 heterocycles. The number of hydrogen-bond acceptors (Lipinski definition) is 4. The molecule has 234 valence electrons. The van der Waals surface area contributed by atoms with E-state index < -0.39 is 0 Å². The molecule has 0 saturated carbocycles. The van der Waals surface area contributed by atoms with Gasteiger partial charge in [-0.3, -0.25) is 0 Å². The second-order valence-corrected chi connectivity index (χ2v) is 12.9. The molecule has 0 aliphatic heterocycles. The van der Waals surface area contributed by atoms with Crippen LogP contribution in [0.2, 0.25) is 0 Å². The van der Waals surface area contributed by atoms with Gasteiger partial charge in [0.15, 0.2) is 0 Å². The van der Waals surface area contributed by atoms with Crippen molar-refractivity contribution >= 4 is 93.5 Å². The number of para-hydroxylation sites is 3. The maximum atomic E-state index is 6.49. The molecule has 11 aromatic rings. The highest BCUT2D eigenvalue weighted by Crippen LogP contribution is 2.43. The third-order valence-electron chi connectivity index (χ3n) is 10.0. The van der Waals surface area contributed by atoms with Crippen molar-refractivity contribution in [3.63, 3.8) is 0 Å². The Labute approximate surface area is 286 Å². The normalized spacial score (nSPS) is 12.0. The third-order valence-corrected chi connectivity index (χ3v) is 10.0. The predicted octanol–water partition coefficient (Wildman–Crippen LogP) is 13.7. The average molecular weight is 642 g/mol. The van der Waals surface area contributed by atoms with Crippen LogP contribution < -0.4 is 4.90 Å². The Morgan fingerprint density at radius 2 is 0.820 bits per heavy atom. The van der Waals surface area contributed by atoms with E-state index in [1.807, 2.05) is 42.5 Å². The van der Waals surface area contributed by atoms with Crippen molar-refractivity contribution in [2.24, 2.45) is 0 Å². The number of fused-ring (bicyclic) bond motifs is 11. The molecule has 3 aromatic heterocycles. The lowest BCUT2D eigenvalue weighted by molar-refractivity contribution is 0.631. The van der Waals surface area contributed by atoms with Crippen LogP contribution in [-0.4, -0.2) is 0 Å². The van der Waals surface area contributed by atoms with Crippen molar-refractivity contribution < 1.29 is 13.3 Å². The minimum absolute atomic E-state index is 0.847. The molecule has 8 aromatic carbocycles. The first-order valence-electron chi connectivity index (χ1n) is 16.8. The van der Waals surface area contributed by atoms with Gasteiger partial charge < -0.3 is 18.2 Å². The first-order chi connectivity index (χ1) is 24.7. The third kappa shape index (κ3) is 4.06. The highest BCUT2D eigenvalue weighted by Gasteiger charge is 2.19. The van der Waals surface area contributed by atoms with Crippen LogP contribution >= 0.6 is 0 Å². The first kappa shape index (κ1) is 27.2. The van der Waals surface area contributed by atoms with Crippen LogP contribution in [0.4, 0.5) is 17.1 Å². The average Bonchev–Trinajstić information content (AvgIpc) is 3.89. The van der Waals surface area contributed by atoms with Crippen LogP contribution in [0.15, 0.2) is 177 Å². The predicted molar refractivity (Wildman–Crippen MR) is 206 cm³/mol. The van der Waals surface area contributed by atoms with Crippen LogP contribution in [0.5, 0.6) is 0 Å². The molecule has 0 atom stereocenters. The molecular formula is C46H27NO3. The van der Waals surface area contributed by atoms with E-state index in [1.165, 1.54) is 0 Å². The van der Waals surface area contributed by atoms with Crippen LogP contribution in [-0.2, 0) is 0 Å². The molecule has 0 N–H and O–H groups in total. The summed E-state index contributed by atoms with van der Waals surface area (Å²) in [4.78, 5) is 2.31. The van der Waals surface area contributed by atoms with Gasteiger partial charge in [-0.05, 0) is 95.7 Å². The fraction of sp³-hybridized carbons (Fsp3) is 0. The Bertz CT molecular complexity index is 2920. The minimum Gasteiger partial charge on any atom is -0.456 e. The lowest BCUT2D eigenvalue weighted by Gasteiger charge is -2.26. The van der Waals surface area contributed by atoms with E-state index in [9.17, 15) is 0 Å². The molecule has 0 amide bonds. The first-order valence-corrected chi connectivity index (χ1v) is 16.8. The largest absolute Gasteiger partial charge is 0.456 e. The number of hydrogen-bond donors (Lipinski definition) is 0. The highest BCUT2D eigenvalue weighted by molar-refractivity contribution is 6.17. The van der Waals surface area contributed by atoms with Gasteiger partial charge in [-0.1, -0.05) is 78.9 Å². The van der Waals surface area contributed by atoms with E-state index >= 15 is 0 Å². The van der Waals surface area contributed by atoms with Gasteiger partial charge >= 0.3 is 0 Å². The molecule has 0 bridgehead atoms. The fourth-order valence-electron chi connectivity index (χ4n) is 7.60. The molecule has 0 spiro atoms. The number of benzene rings is 8. The summed E-state index contributed by atoms with van der Waals surface area (Å²) in [7, 11) is 0. The summed E-state index contributed by atoms with van der Waals surface area (Å²) >= 11 is 0. The molecule has 0 saturated heterocycles. The van der Waals surface area contributed by atoms with Crippen molar-refractivity contribution in [1.29, 1.82) is 0 Å². The smallest absolute Gasteiger partial charge is 0.143 e. The maximum Gasteiger partial charge on any atom is 0.143 e. The van der Waals surface area contributed by atoms with Crippen molar-refractivity contribution in [1.82, 2.24) is 0 Å². The number of nitrogens with zero attached hydrogens (tertiary/aromatic N) is 1. The molecule has 0 radical (unpaired) electrons. The van der Waals surface area contributed by atoms with Crippen LogP contribution in [0.1, 0.15) is 0 Å². The lowest BCUT2D eigenvalue weighted by atomic mass is 10.0. The minimum atomic E-state index is 0.847. The van der Waals surface area contributed by atoms with Crippen molar-refractivity contribution in [2.45, 2.75) is 0 Å². The lowest BCUT2D eigenvalue weighted by Crippen LogP contribution is -2.10. The molecule has 0 aliphatic carbocycles. The molecule has 4 heteroatoms. The van der Waals surface area contributed by atoms with E-state index in [4.69, 9.17) is 13.3 Å². The zero-order chi connectivity index (χ0) is 32.8. The highest BCUT2D eigenvalue weighted by atomic mass is 16.3. The van der Waals surface area contributed by atoms with Gasteiger partial charge in [0.1, 0.15) is 33.7 Å². The van der Waals surface area contributed by atoms with E-state index in [-0.39, 0.29) is 0 Å². The van der Waals surface area contributed by atoms with E-state index in [2.05, 4.69) is 126 Å². The Hall–Kier alpha value is -6.78. The second-order valence-electron chi connectivity index (χ2n) is 12.9. The summed E-state index contributed by atoms with van der Waals surface area (Å²) < 4.78 is 19.2. The number of anilines is 3. The Morgan fingerprint density at radius 3 is 1.40 bits per heavy atom. The maximum absolute atomic E-state index is 6.49. The van der Waals surface area contributed by atoms with E-state index in [1.54, 1.807) is 0 Å². The SMILES string of the molecule is c1ccc2oc(-c3ccc(N(c4ccc5ccc6c7ccccc7oc6c5c4)c4ccc5ccc6c7ccccc7oc6c5c4)cc3)cc2c1. The van der Waals surface area contributed by atoms with Gasteiger partial charge in [-0.2, -0.15) is 0 Å². The molecule has 0 unspecified atom stereocenters. The monoisotopic (exact) mass is 641 g/mol. The zero-order valence-corrected chi connectivity index (χ0v) is 26.8. The second kappa shape index (κ2) is 10.4. The Kier molecular flexibility index (Phi) is 5.63. The summed E-state index contributed by atoms with van der Waals surface area (Å²) in [5, 5.41) is 9.96. The zero-order valence-electron chi connectivity index (χ0n) is 26.8. The van der Waals surface area contributed by atoms with Crippen molar-refractivity contribution in [2.75, 3.05) is 4.90 Å². The summed E-state index contributed by atoms with van der Waals surface area (Å²) in [6.45, 7) is 0.